The van der Waals surface area contributed by atoms with Crippen LogP contribution in [0.2, 0.25) is 21.0 Å². The van der Waals surface area contributed by atoms with Gasteiger partial charge in [0.15, 0.2) is 0 Å². The van der Waals surface area contributed by atoms with Gasteiger partial charge in [-0.15, -0.1) is 0 Å². The van der Waals surface area contributed by atoms with E-state index in [0.717, 1.165) is 6.42 Å². The summed E-state index contributed by atoms with van der Waals surface area (Å²) in [5, 5.41) is 5.84. The molecule has 0 N–H and O–H groups in total. The fourth-order valence-corrected chi connectivity index (χ4v) is 8.71. The van der Waals surface area contributed by atoms with Gasteiger partial charge in [0.1, 0.15) is 0 Å². The molecule has 0 aliphatic carbocycles. The summed E-state index contributed by atoms with van der Waals surface area (Å²) in [7, 11) is 0. The van der Waals surface area contributed by atoms with E-state index < -0.39 is 13.3 Å². The van der Waals surface area contributed by atoms with Crippen molar-refractivity contribution in [3.63, 3.8) is 0 Å². The summed E-state index contributed by atoms with van der Waals surface area (Å²) in [6.07, 6.45) is 5.93. The van der Waals surface area contributed by atoms with Gasteiger partial charge in [0.25, 0.3) is 0 Å². The molecule has 0 bridgehead atoms. The normalized spacial score (nSPS) is 12.2. The average molecular weight is 291 g/mol. The number of hydrogen-bond donors (Lipinski definition) is 0. The zero-order chi connectivity index (χ0) is 12.6. The molecular weight excluding hydrogens is 265 g/mol. The van der Waals surface area contributed by atoms with Crippen molar-refractivity contribution >= 4 is 13.3 Å². The van der Waals surface area contributed by atoms with Crippen LogP contribution < -0.4 is 0 Å². The molecule has 1 rings (SSSR count). The van der Waals surface area contributed by atoms with Gasteiger partial charge in [0.05, 0.1) is 0 Å². The summed E-state index contributed by atoms with van der Waals surface area (Å²) in [4.78, 5) is 0. The second-order valence-electron chi connectivity index (χ2n) is 4.93. The van der Waals surface area contributed by atoms with Crippen LogP contribution in [0.5, 0.6) is 0 Å². The van der Waals surface area contributed by atoms with Gasteiger partial charge in [-0.3, -0.25) is 0 Å². The van der Waals surface area contributed by atoms with Crippen molar-refractivity contribution in [3.05, 3.63) is 48.0 Å². The molecule has 0 amide bonds. The van der Waals surface area contributed by atoms with Crippen LogP contribution in [0, 0.1) is 0 Å². The van der Waals surface area contributed by atoms with Crippen molar-refractivity contribution in [2.45, 2.75) is 48.2 Å². The van der Waals surface area contributed by atoms with Crippen molar-refractivity contribution < 1.29 is 0 Å². The number of rotatable bonds is 7. The first-order chi connectivity index (χ1) is 8.26. The molecule has 0 saturated carbocycles. The van der Waals surface area contributed by atoms with E-state index >= 15 is 0 Å². The number of hydrogen-bond acceptors (Lipinski definition) is 0. The van der Waals surface area contributed by atoms with Gasteiger partial charge in [0.2, 0.25) is 0 Å². The Morgan fingerprint density at radius 1 is 0.882 bits per heavy atom. The van der Waals surface area contributed by atoms with Crippen LogP contribution in [0.25, 0.3) is 0 Å². The molecule has 0 heterocycles. The van der Waals surface area contributed by atoms with Crippen LogP contribution >= 0.6 is 0 Å². The fourth-order valence-electron chi connectivity index (χ4n) is 2.35. The molecule has 1 heteroatoms. The van der Waals surface area contributed by atoms with Crippen LogP contribution in [0.3, 0.4) is 0 Å². The Morgan fingerprint density at radius 2 is 1.47 bits per heavy atom. The third-order valence-electron chi connectivity index (χ3n) is 4.16. The first-order valence-electron chi connectivity index (χ1n) is 6.95. The van der Waals surface area contributed by atoms with Crippen molar-refractivity contribution in [2.24, 2.45) is 0 Å². The zero-order valence-electron chi connectivity index (χ0n) is 11.6. The van der Waals surface area contributed by atoms with Gasteiger partial charge in [-0.05, 0) is 0 Å². The Hall–Kier alpha value is -0.497. The molecule has 0 unspecified atom stereocenters. The molecule has 94 valence electrons. The van der Waals surface area contributed by atoms with E-state index in [2.05, 4.69) is 63.3 Å². The Morgan fingerprint density at radius 3 is 2.00 bits per heavy atom. The fraction of sp³-hybridized carbons (Fsp3) is 0.500. The SMILES string of the molecule is C[CH2][Ge]([CH2]C)([CH2]C)[CH2]/C=C/Cc1ccccc1. The summed E-state index contributed by atoms with van der Waals surface area (Å²) < 4.78 is 0. The van der Waals surface area contributed by atoms with Crippen molar-refractivity contribution in [2.75, 3.05) is 0 Å². The second-order valence-corrected chi connectivity index (χ2v) is 16.5. The van der Waals surface area contributed by atoms with Crippen molar-refractivity contribution in [3.8, 4) is 0 Å². The van der Waals surface area contributed by atoms with Gasteiger partial charge in [-0.1, -0.05) is 0 Å². The van der Waals surface area contributed by atoms with Crippen LogP contribution in [-0.4, -0.2) is 13.3 Å². The van der Waals surface area contributed by atoms with Crippen LogP contribution in [0.1, 0.15) is 26.3 Å². The molecule has 0 atom stereocenters. The quantitative estimate of drug-likeness (QED) is 0.472. The van der Waals surface area contributed by atoms with Gasteiger partial charge < -0.3 is 0 Å². The van der Waals surface area contributed by atoms with E-state index in [-0.39, 0.29) is 0 Å². The van der Waals surface area contributed by atoms with E-state index in [1.165, 1.54) is 26.6 Å². The van der Waals surface area contributed by atoms with E-state index in [1.807, 2.05) is 0 Å². The average Bonchev–Trinajstić information content (AvgIpc) is 2.41. The Balaban J connectivity index is 2.44. The minimum absolute atomic E-state index is 1.09. The summed E-state index contributed by atoms with van der Waals surface area (Å²) in [6, 6.07) is 10.7. The topological polar surface area (TPSA) is 0 Å². The van der Waals surface area contributed by atoms with Gasteiger partial charge in [-0.2, -0.15) is 0 Å². The van der Waals surface area contributed by atoms with Crippen molar-refractivity contribution in [1.82, 2.24) is 0 Å². The van der Waals surface area contributed by atoms with Crippen LogP contribution in [0.4, 0.5) is 0 Å². The Labute approximate surface area is 109 Å². The number of benzene rings is 1. The monoisotopic (exact) mass is 292 g/mol. The summed E-state index contributed by atoms with van der Waals surface area (Å²) in [6.45, 7) is 7.20. The molecule has 1 aromatic rings. The predicted octanol–water partition coefficient (Wildman–Crippen LogP) is 5.29. The second kappa shape index (κ2) is 7.76. The Bertz CT molecular complexity index is 314. The van der Waals surface area contributed by atoms with Crippen LogP contribution in [0.15, 0.2) is 42.5 Å². The first-order valence-corrected chi connectivity index (χ1v) is 12.9. The molecule has 0 nitrogen and oxygen atoms in total. The standard InChI is InChI=1S/C16H26Ge/c1-4-17(5-2,6-3)15-11-10-14-16-12-8-7-9-13-16/h7-13H,4-6,14-15H2,1-3H3/b11-10+. The summed E-state index contributed by atoms with van der Waals surface area (Å²) in [5.74, 6) is 0. The van der Waals surface area contributed by atoms with Crippen LogP contribution in [-0.2, 0) is 6.42 Å². The molecule has 0 saturated heterocycles. The molecule has 0 aliphatic rings. The molecule has 1 aromatic carbocycles. The predicted molar refractivity (Wildman–Crippen MR) is 81.3 cm³/mol. The molecular formula is C16H26Ge. The molecule has 17 heavy (non-hydrogen) atoms. The summed E-state index contributed by atoms with van der Waals surface area (Å²) in [5.41, 5.74) is 1.42. The van der Waals surface area contributed by atoms with Gasteiger partial charge >= 0.3 is 110 Å². The first kappa shape index (κ1) is 14.6. The maximum atomic E-state index is 2.46. The molecule has 0 fully saturated rings. The van der Waals surface area contributed by atoms with Gasteiger partial charge in [-0.25, -0.2) is 0 Å². The molecule has 0 spiro atoms. The third-order valence-corrected chi connectivity index (χ3v) is 15.9. The molecule has 0 aliphatic heterocycles. The zero-order valence-corrected chi connectivity index (χ0v) is 13.7. The third kappa shape index (κ3) is 4.71. The van der Waals surface area contributed by atoms with Gasteiger partial charge in [0, 0.05) is 0 Å². The van der Waals surface area contributed by atoms with E-state index in [1.54, 1.807) is 0 Å². The maximum absolute atomic E-state index is 2.46. The van der Waals surface area contributed by atoms with E-state index in [0.29, 0.717) is 0 Å². The van der Waals surface area contributed by atoms with E-state index in [9.17, 15) is 0 Å². The molecule has 0 radical (unpaired) electrons. The Kier molecular flexibility index (Phi) is 6.65. The summed E-state index contributed by atoms with van der Waals surface area (Å²) >= 11 is -1.46. The van der Waals surface area contributed by atoms with Crippen molar-refractivity contribution in [1.29, 1.82) is 0 Å². The number of allylic oxidation sites excluding steroid dienone is 2. The molecule has 0 aromatic heterocycles. The van der Waals surface area contributed by atoms with E-state index in [4.69, 9.17) is 0 Å². The minimum atomic E-state index is -1.46.